The number of fused-ring (bicyclic) bond motifs is 1. The van der Waals surface area contributed by atoms with Crippen molar-refractivity contribution in [2.24, 2.45) is 23.7 Å². The third-order valence-corrected chi connectivity index (χ3v) is 5.02. The Morgan fingerprint density at radius 1 is 1.00 bits per heavy atom. The Kier molecular flexibility index (Phi) is 2.52. The van der Waals surface area contributed by atoms with Gasteiger partial charge in [-0.25, -0.2) is 4.90 Å². The molecule has 2 bridgehead atoms. The second kappa shape index (κ2) is 4.29. The summed E-state index contributed by atoms with van der Waals surface area (Å²) in [5, 5.41) is 9.21. The van der Waals surface area contributed by atoms with Crippen molar-refractivity contribution in [1.82, 2.24) is 0 Å². The average molecular weight is 278 g/mol. The lowest BCUT2D eigenvalue weighted by Crippen LogP contribution is -2.38. The zero-order chi connectivity index (χ0) is 14.6. The van der Waals surface area contributed by atoms with E-state index < -0.39 is 0 Å². The first kappa shape index (κ1) is 12.3. The number of nitriles is 1. The van der Waals surface area contributed by atoms with Crippen molar-refractivity contribution < 1.29 is 9.59 Å². The second-order valence-corrected chi connectivity index (χ2v) is 5.98. The zero-order valence-electron chi connectivity index (χ0n) is 11.4. The Morgan fingerprint density at radius 2 is 1.57 bits per heavy atom. The normalized spacial score (nSPS) is 33.2. The van der Waals surface area contributed by atoms with Gasteiger partial charge in [0.15, 0.2) is 0 Å². The molecule has 4 atom stereocenters. The number of hydrogen-bond acceptors (Lipinski definition) is 3. The molecule has 0 radical (unpaired) electrons. The molecule has 21 heavy (non-hydrogen) atoms. The van der Waals surface area contributed by atoms with Gasteiger partial charge >= 0.3 is 0 Å². The Bertz CT molecular complexity index is 684. The standard InChI is InChI=1S/C17H14N2O2/c18-9-12-3-1-2-4-13(12)19-16(20)14-10-5-6-11(8-7-10)15(14)17(19)21/h1-6,10-11,14-15H,7-8H2/t10-,11-,14-,15-/m1/s1. The van der Waals surface area contributed by atoms with Gasteiger partial charge in [-0.1, -0.05) is 24.3 Å². The quantitative estimate of drug-likeness (QED) is 0.584. The number of nitrogens with zero attached hydrogens (tertiary/aromatic N) is 2. The molecular weight excluding hydrogens is 264 g/mol. The largest absolute Gasteiger partial charge is 0.274 e. The summed E-state index contributed by atoms with van der Waals surface area (Å²) in [6, 6.07) is 8.89. The van der Waals surface area contributed by atoms with Crippen LogP contribution < -0.4 is 4.90 Å². The number of rotatable bonds is 1. The zero-order valence-corrected chi connectivity index (χ0v) is 11.4. The van der Waals surface area contributed by atoms with Crippen LogP contribution in [-0.2, 0) is 9.59 Å². The molecule has 4 heteroatoms. The molecule has 0 unspecified atom stereocenters. The lowest BCUT2D eigenvalue weighted by molar-refractivity contribution is -0.124. The van der Waals surface area contributed by atoms with Gasteiger partial charge in [0.25, 0.3) is 0 Å². The topological polar surface area (TPSA) is 61.2 Å². The minimum Gasteiger partial charge on any atom is -0.274 e. The molecule has 5 rings (SSSR count). The molecule has 0 N–H and O–H groups in total. The van der Waals surface area contributed by atoms with Crippen LogP contribution >= 0.6 is 0 Å². The first-order valence-electron chi connectivity index (χ1n) is 7.27. The van der Waals surface area contributed by atoms with Crippen molar-refractivity contribution in [2.75, 3.05) is 4.90 Å². The van der Waals surface area contributed by atoms with Crippen LogP contribution in [0.1, 0.15) is 18.4 Å². The molecule has 1 heterocycles. The molecule has 2 amide bonds. The fraction of sp³-hybridized carbons (Fsp3) is 0.353. The van der Waals surface area contributed by atoms with Crippen LogP contribution in [-0.4, -0.2) is 11.8 Å². The van der Waals surface area contributed by atoms with E-state index in [0.29, 0.717) is 11.3 Å². The van der Waals surface area contributed by atoms with Gasteiger partial charge in [-0.2, -0.15) is 5.26 Å². The van der Waals surface area contributed by atoms with Crippen LogP contribution in [0, 0.1) is 35.0 Å². The van der Waals surface area contributed by atoms with Crippen LogP contribution in [0.15, 0.2) is 36.4 Å². The van der Waals surface area contributed by atoms with E-state index >= 15 is 0 Å². The van der Waals surface area contributed by atoms with E-state index in [9.17, 15) is 14.9 Å². The molecule has 104 valence electrons. The van der Waals surface area contributed by atoms with Crippen molar-refractivity contribution in [3.63, 3.8) is 0 Å². The molecule has 1 aliphatic heterocycles. The molecule has 2 fully saturated rings. The van der Waals surface area contributed by atoms with Gasteiger partial charge in [-0.05, 0) is 36.8 Å². The fourth-order valence-corrected chi connectivity index (χ4v) is 4.07. The van der Waals surface area contributed by atoms with Gasteiger partial charge in [0, 0.05) is 0 Å². The highest BCUT2D eigenvalue weighted by Gasteiger charge is 2.57. The van der Waals surface area contributed by atoms with Crippen LogP contribution in [0.5, 0.6) is 0 Å². The summed E-state index contributed by atoms with van der Waals surface area (Å²) in [4.78, 5) is 26.8. The summed E-state index contributed by atoms with van der Waals surface area (Å²) in [7, 11) is 0. The molecule has 4 aliphatic rings. The number of imide groups is 1. The Morgan fingerprint density at radius 3 is 2.10 bits per heavy atom. The lowest BCUT2D eigenvalue weighted by atomic mass is 9.63. The first-order valence-corrected chi connectivity index (χ1v) is 7.27. The third-order valence-electron chi connectivity index (χ3n) is 5.02. The third kappa shape index (κ3) is 1.55. The van der Waals surface area contributed by atoms with E-state index in [4.69, 9.17) is 0 Å². The monoisotopic (exact) mass is 278 g/mol. The van der Waals surface area contributed by atoms with Crippen molar-refractivity contribution in [3.8, 4) is 6.07 Å². The minimum absolute atomic E-state index is 0.133. The van der Waals surface area contributed by atoms with E-state index in [-0.39, 0.29) is 35.5 Å². The maximum absolute atomic E-state index is 12.8. The average Bonchev–Trinajstić information content (AvgIpc) is 2.82. The van der Waals surface area contributed by atoms with Crippen LogP contribution in [0.25, 0.3) is 0 Å². The molecular formula is C17H14N2O2. The molecule has 4 nitrogen and oxygen atoms in total. The van der Waals surface area contributed by atoms with Crippen LogP contribution in [0.2, 0.25) is 0 Å². The molecule has 1 aromatic rings. The first-order chi connectivity index (χ1) is 10.2. The number of benzene rings is 1. The second-order valence-electron chi connectivity index (χ2n) is 5.98. The van der Waals surface area contributed by atoms with Crippen LogP contribution in [0.4, 0.5) is 5.69 Å². The predicted molar refractivity (Wildman–Crippen MR) is 76.0 cm³/mol. The summed E-state index contributed by atoms with van der Waals surface area (Å²) in [6.07, 6.45) is 6.16. The SMILES string of the molecule is N#Cc1ccccc1N1C(=O)[C@H]2[C@H](C1=O)[C@@H]1C=C[C@@H]2CC1. The van der Waals surface area contributed by atoms with Gasteiger partial charge < -0.3 is 0 Å². The van der Waals surface area contributed by atoms with Crippen molar-refractivity contribution in [2.45, 2.75) is 12.8 Å². The maximum Gasteiger partial charge on any atom is 0.238 e. The summed E-state index contributed by atoms with van der Waals surface area (Å²) in [5.74, 6) is -0.370. The van der Waals surface area contributed by atoms with Gasteiger partial charge in [0.05, 0.1) is 23.1 Å². The van der Waals surface area contributed by atoms with E-state index in [1.165, 1.54) is 4.90 Å². The molecule has 0 aromatic heterocycles. The number of carbonyl (C=O) groups is 2. The lowest BCUT2D eigenvalue weighted by Gasteiger charge is -2.38. The van der Waals surface area contributed by atoms with E-state index in [2.05, 4.69) is 18.2 Å². The highest BCUT2D eigenvalue weighted by Crippen LogP contribution is 2.50. The number of allylic oxidation sites excluding steroid dienone is 2. The van der Waals surface area contributed by atoms with Gasteiger partial charge in [0.2, 0.25) is 11.8 Å². The summed E-state index contributed by atoms with van der Waals surface area (Å²) in [5.41, 5.74) is 0.807. The number of anilines is 1. The Balaban J connectivity index is 1.81. The molecule has 1 saturated heterocycles. The Labute approximate surface area is 122 Å². The number of carbonyl (C=O) groups excluding carboxylic acids is 2. The van der Waals surface area contributed by atoms with Crippen molar-refractivity contribution >= 4 is 17.5 Å². The van der Waals surface area contributed by atoms with E-state index in [1.54, 1.807) is 24.3 Å². The molecule has 1 saturated carbocycles. The number of amides is 2. The summed E-state index contributed by atoms with van der Waals surface area (Å²) < 4.78 is 0. The van der Waals surface area contributed by atoms with Gasteiger partial charge in [-0.15, -0.1) is 0 Å². The van der Waals surface area contributed by atoms with Crippen molar-refractivity contribution in [1.29, 1.82) is 5.26 Å². The van der Waals surface area contributed by atoms with E-state index in [1.807, 2.05) is 0 Å². The predicted octanol–water partition coefficient (Wildman–Crippen LogP) is 2.26. The summed E-state index contributed by atoms with van der Waals surface area (Å²) >= 11 is 0. The van der Waals surface area contributed by atoms with Gasteiger partial charge in [0.1, 0.15) is 6.07 Å². The van der Waals surface area contributed by atoms with E-state index in [0.717, 1.165) is 12.8 Å². The summed E-state index contributed by atoms with van der Waals surface area (Å²) in [6.45, 7) is 0. The number of hydrogen-bond donors (Lipinski definition) is 0. The van der Waals surface area contributed by atoms with Gasteiger partial charge in [-0.3, -0.25) is 9.59 Å². The minimum atomic E-state index is -0.229. The molecule has 1 aromatic carbocycles. The molecule has 0 spiro atoms. The number of para-hydroxylation sites is 1. The Hall–Kier alpha value is -2.41. The van der Waals surface area contributed by atoms with Crippen LogP contribution in [0.3, 0.4) is 0 Å². The smallest absolute Gasteiger partial charge is 0.238 e. The maximum atomic E-state index is 12.8. The van der Waals surface area contributed by atoms with Crippen molar-refractivity contribution in [3.05, 3.63) is 42.0 Å². The molecule has 3 aliphatic carbocycles. The highest BCUT2D eigenvalue weighted by molar-refractivity contribution is 6.23. The highest BCUT2D eigenvalue weighted by atomic mass is 16.2. The fourth-order valence-electron chi connectivity index (χ4n) is 4.07.